The average Bonchev–Trinajstić information content (AvgIpc) is 2.65. The molecule has 0 radical (unpaired) electrons. The third-order valence-corrected chi connectivity index (χ3v) is 7.77. The van der Waals surface area contributed by atoms with Gasteiger partial charge in [0.25, 0.3) is 5.91 Å². The molecular weight excluding hydrogens is 396 g/mol. The van der Waals surface area contributed by atoms with Crippen LogP contribution in [-0.4, -0.2) is 36.2 Å². The lowest BCUT2D eigenvalue weighted by atomic mass is 9.49. The number of amides is 1. The van der Waals surface area contributed by atoms with Crippen molar-refractivity contribution in [2.24, 2.45) is 23.2 Å². The Kier molecular flexibility index (Phi) is 6.48. The maximum absolute atomic E-state index is 13.0. The fraction of sp³-hybridized carbons (Fsp3) is 0.720. The van der Waals surface area contributed by atoms with Gasteiger partial charge in [0.15, 0.2) is 0 Å². The lowest BCUT2D eigenvalue weighted by Gasteiger charge is -2.56. The van der Waals surface area contributed by atoms with Gasteiger partial charge in [-0.3, -0.25) is 4.79 Å². The van der Waals surface area contributed by atoms with Gasteiger partial charge in [0.05, 0.1) is 16.2 Å². The Bertz CT molecular complexity index is 736. The molecule has 3 N–H and O–H groups in total. The predicted octanol–water partition coefficient (Wildman–Crippen LogP) is 4.58. The van der Waals surface area contributed by atoms with Gasteiger partial charge in [0, 0.05) is 13.1 Å². The van der Waals surface area contributed by atoms with Crippen LogP contribution in [0.4, 0.5) is 0 Å². The molecule has 4 nitrogen and oxygen atoms in total. The zero-order chi connectivity index (χ0) is 21.4. The molecule has 0 heterocycles. The Morgan fingerprint density at radius 1 is 1.17 bits per heavy atom. The van der Waals surface area contributed by atoms with E-state index >= 15 is 0 Å². The molecule has 4 aliphatic carbocycles. The molecule has 4 aliphatic rings. The first-order valence-corrected chi connectivity index (χ1v) is 12.1. The number of carbonyl (C=O) groups is 1. The van der Waals surface area contributed by atoms with E-state index in [1.54, 1.807) is 13.8 Å². The van der Waals surface area contributed by atoms with Crippen LogP contribution in [0.3, 0.4) is 0 Å². The van der Waals surface area contributed by atoms with Gasteiger partial charge in [-0.15, -0.1) is 0 Å². The summed E-state index contributed by atoms with van der Waals surface area (Å²) in [6, 6.07) is 5.81. The second kappa shape index (κ2) is 8.80. The van der Waals surface area contributed by atoms with E-state index in [4.69, 9.17) is 11.6 Å². The van der Waals surface area contributed by atoms with Crippen molar-refractivity contribution < 1.29 is 9.90 Å². The Balaban J connectivity index is 1.30. The van der Waals surface area contributed by atoms with Gasteiger partial charge in [-0.2, -0.15) is 0 Å². The summed E-state index contributed by atoms with van der Waals surface area (Å²) < 4.78 is 0. The molecule has 4 saturated carbocycles. The van der Waals surface area contributed by atoms with Crippen LogP contribution < -0.4 is 10.6 Å². The Morgan fingerprint density at radius 3 is 2.40 bits per heavy atom. The van der Waals surface area contributed by atoms with Crippen LogP contribution in [0, 0.1) is 23.2 Å². The highest BCUT2D eigenvalue weighted by atomic mass is 35.5. The molecule has 1 aromatic rings. The smallest absolute Gasteiger partial charge is 0.252 e. The molecule has 0 saturated heterocycles. The Morgan fingerprint density at radius 2 is 1.80 bits per heavy atom. The van der Waals surface area contributed by atoms with E-state index < -0.39 is 5.60 Å². The minimum absolute atomic E-state index is 0.0299. The second-order valence-electron chi connectivity index (χ2n) is 11.0. The first-order valence-electron chi connectivity index (χ1n) is 11.7. The van der Waals surface area contributed by atoms with Gasteiger partial charge >= 0.3 is 0 Å². The third-order valence-electron chi connectivity index (χ3n) is 7.44. The Labute approximate surface area is 186 Å². The predicted molar refractivity (Wildman–Crippen MR) is 122 cm³/mol. The maximum atomic E-state index is 13.0. The molecule has 0 aliphatic heterocycles. The molecule has 0 spiro atoms. The first-order chi connectivity index (χ1) is 14.2. The largest absolute Gasteiger partial charge is 0.389 e. The van der Waals surface area contributed by atoms with E-state index in [0.717, 1.165) is 49.2 Å². The standard InChI is InChI=1S/C25H37ClN2O2/c1-24(2,30)15-27-7-3-4-17-5-6-22(26)21(11-17)23(29)28-16-25-12-18-8-19(13-25)10-20(9-18)14-25/h5-6,11,18-20,27,30H,3-4,7-10,12-16H2,1-2H3,(H,28,29). The fourth-order valence-electron chi connectivity index (χ4n) is 6.58. The van der Waals surface area contributed by atoms with E-state index in [0.29, 0.717) is 22.5 Å². The normalized spacial score (nSPS) is 29.9. The monoisotopic (exact) mass is 432 g/mol. The van der Waals surface area contributed by atoms with Gasteiger partial charge in [0.1, 0.15) is 0 Å². The molecule has 5 rings (SSSR count). The number of aliphatic hydroxyl groups is 1. The van der Waals surface area contributed by atoms with Crippen LogP contribution in [0.1, 0.15) is 74.7 Å². The molecule has 0 aromatic heterocycles. The number of rotatable bonds is 9. The van der Waals surface area contributed by atoms with Crippen LogP contribution in [0.5, 0.6) is 0 Å². The lowest BCUT2D eigenvalue weighted by Crippen LogP contribution is -2.51. The van der Waals surface area contributed by atoms with Crippen molar-refractivity contribution in [2.45, 2.75) is 70.8 Å². The van der Waals surface area contributed by atoms with E-state index in [2.05, 4.69) is 10.6 Å². The summed E-state index contributed by atoms with van der Waals surface area (Å²) in [5.41, 5.74) is 1.37. The summed E-state index contributed by atoms with van der Waals surface area (Å²) in [6.45, 7) is 5.81. The topological polar surface area (TPSA) is 61.4 Å². The van der Waals surface area contributed by atoms with Gasteiger partial charge in [-0.1, -0.05) is 17.7 Å². The summed E-state index contributed by atoms with van der Waals surface area (Å²) in [5.74, 6) is 2.65. The number of aryl methyl sites for hydroxylation is 1. The summed E-state index contributed by atoms with van der Waals surface area (Å²) in [6.07, 6.45) is 9.99. The minimum atomic E-state index is -0.692. The number of benzene rings is 1. The average molecular weight is 433 g/mol. The van der Waals surface area contributed by atoms with Crippen LogP contribution >= 0.6 is 11.6 Å². The van der Waals surface area contributed by atoms with Crippen LogP contribution in [0.15, 0.2) is 18.2 Å². The van der Waals surface area contributed by atoms with Crippen molar-refractivity contribution in [3.63, 3.8) is 0 Å². The zero-order valence-electron chi connectivity index (χ0n) is 18.5. The molecular formula is C25H37ClN2O2. The molecule has 4 bridgehead atoms. The molecule has 0 unspecified atom stereocenters. The van der Waals surface area contributed by atoms with E-state index in [-0.39, 0.29) is 5.91 Å². The summed E-state index contributed by atoms with van der Waals surface area (Å²) in [4.78, 5) is 13.0. The number of carbonyl (C=O) groups excluding carboxylic acids is 1. The molecule has 0 atom stereocenters. The van der Waals surface area contributed by atoms with Crippen LogP contribution in [-0.2, 0) is 6.42 Å². The van der Waals surface area contributed by atoms with Crippen molar-refractivity contribution in [3.05, 3.63) is 34.3 Å². The van der Waals surface area contributed by atoms with E-state index in [1.807, 2.05) is 18.2 Å². The van der Waals surface area contributed by atoms with Crippen LogP contribution in [0.25, 0.3) is 0 Å². The van der Waals surface area contributed by atoms with E-state index in [9.17, 15) is 9.90 Å². The first kappa shape index (κ1) is 22.1. The van der Waals surface area contributed by atoms with Crippen molar-refractivity contribution in [1.29, 1.82) is 0 Å². The summed E-state index contributed by atoms with van der Waals surface area (Å²) >= 11 is 6.38. The Hall–Kier alpha value is -1.10. The summed E-state index contributed by atoms with van der Waals surface area (Å²) in [7, 11) is 0. The number of halogens is 1. The zero-order valence-corrected chi connectivity index (χ0v) is 19.2. The molecule has 166 valence electrons. The van der Waals surface area contributed by atoms with Gasteiger partial charge in [-0.05, 0) is 113 Å². The van der Waals surface area contributed by atoms with Crippen molar-refractivity contribution in [2.75, 3.05) is 19.6 Å². The second-order valence-corrected chi connectivity index (χ2v) is 11.4. The highest BCUT2D eigenvalue weighted by molar-refractivity contribution is 6.33. The third kappa shape index (κ3) is 5.38. The molecule has 1 amide bonds. The SMILES string of the molecule is CC(C)(O)CNCCCc1ccc(Cl)c(C(=O)NCC23CC4CC(CC(C4)C2)C3)c1. The number of hydrogen-bond donors (Lipinski definition) is 3. The van der Waals surface area contributed by atoms with Crippen molar-refractivity contribution >= 4 is 17.5 Å². The highest BCUT2D eigenvalue weighted by Gasteiger charge is 2.50. The lowest BCUT2D eigenvalue weighted by molar-refractivity contribution is -0.0503. The molecule has 4 fully saturated rings. The minimum Gasteiger partial charge on any atom is -0.389 e. The van der Waals surface area contributed by atoms with E-state index in [1.165, 1.54) is 38.5 Å². The fourth-order valence-corrected chi connectivity index (χ4v) is 6.79. The summed E-state index contributed by atoms with van der Waals surface area (Å²) in [5, 5.41) is 16.8. The maximum Gasteiger partial charge on any atom is 0.252 e. The quantitative estimate of drug-likeness (QED) is 0.500. The van der Waals surface area contributed by atoms with Crippen molar-refractivity contribution in [1.82, 2.24) is 10.6 Å². The number of nitrogens with one attached hydrogen (secondary N) is 2. The number of hydrogen-bond acceptors (Lipinski definition) is 3. The van der Waals surface area contributed by atoms with Crippen molar-refractivity contribution in [3.8, 4) is 0 Å². The molecule has 5 heteroatoms. The van der Waals surface area contributed by atoms with Gasteiger partial charge in [-0.25, -0.2) is 0 Å². The van der Waals surface area contributed by atoms with Gasteiger partial charge < -0.3 is 15.7 Å². The highest BCUT2D eigenvalue weighted by Crippen LogP contribution is 2.59. The molecule has 30 heavy (non-hydrogen) atoms. The van der Waals surface area contributed by atoms with Crippen LogP contribution in [0.2, 0.25) is 5.02 Å². The molecule has 1 aromatic carbocycles. The van der Waals surface area contributed by atoms with Gasteiger partial charge in [0.2, 0.25) is 0 Å².